The van der Waals surface area contributed by atoms with Gasteiger partial charge in [-0.1, -0.05) is 30.3 Å². The van der Waals surface area contributed by atoms with Crippen LogP contribution in [0, 0.1) is 13.8 Å². The molecule has 4 rings (SSSR count). The first-order valence-corrected chi connectivity index (χ1v) is 10.2. The van der Waals surface area contributed by atoms with Gasteiger partial charge in [-0.25, -0.2) is 4.98 Å². The van der Waals surface area contributed by atoms with Gasteiger partial charge in [0, 0.05) is 36.9 Å². The number of furan rings is 1. The Kier molecular flexibility index (Phi) is 5.89. The molecule has 31 heavy (non-hydrogen) atoms. The predicted octanol–water partition coefficient (Wildman–Crippen LogP) is 4.40. The maximum absolute atomic E-state index is 12.8. The number of amides is 1. The van der Waals surface area contributed by atoms with E-state index in [-0.39, 0.29) is 11.9 Å². The summed E-state index contributed by atoms with van der Waals surface area (Å²) in [6, 6.07) is 15.5. The molecule has 4 aromatic rings. The fraction of sp³-hybridized carbons (Fsp3) is 0.200. The molecule has 1 N–H and O–H groups in total. The SMILES string of the molecule is Cc1cc(C=CC(=O)NC(c2ccccc2)c2nccn2C)c(C)n1Cc1ccco1. The number of benzene rings is 1. The summed E-state index contributed by atoms with van der Waals surface area (Å²) in [4.78, 5) is 17.2. The molecule has 6 nitrogen and oxygen atoms in total. The highest BCUT2D eigenvalue weighted by Gasteiger charge is 2.19. The third kappa shape index (κ3) is 4.53. The van der Waals surface area contributed by atoms with Crippen LogP contribution in [-0.2, 0) is 18.4 Å². The zero-order valence-electron chi connectivity index (χ0n) is 17.9. The van der Waals surface area contributed by atoms with E-state index in [1.165, 1.54) is 0 Å². The van der Waals surface area contributed by atoms with Crippen molar-refractivity contribution in [3.63, 3.8) is 0 Å². The van der Waals surface area contributed by atoms with Crippen molar-refractivity contribution in [2.75, 3.05) is 0 Å². The summed E-state index contributed by atoms with van der Waals surface area (Å²) in [5.74, 6) is 1.51. The molecule has 1 unspecified atom stereocenters. The summed E-state index contributed by atoms with van der Waals surface area (Å²) in [6.45, 7) is 4.77. The van der Waals surface area contributed by atoms with Gasteiger partial charge in [-0.15, -0.1) is 0 Å². The Balaban J connectivity index is 1.53. The highest BCUT2D eigenvalue weighted by molar-refractivity contribution is 5.92. The Morgan fingerprint density at radius 1 is 1.19 bits per heavy atom. The summed E-state index contributed by atoms with van der Waals surface area (Å²) in [6.07, 6.45) is 8.73. The number of carbonyl (C=O) groups is 1. The number of nitrogens with one attached hydrogen (secondary N) is 1. The second-order valence-electron chi connectivity index (χ2n) is 7.57. The molecule has 0 fully saturated rings. The molecule has 0 saturated heterocycles. The molecule has 3 aromatic heterocycles. The first-order valence-electron chi connectivity index (χ1n) is 10.2. The molecule has 3 heterocycles. The molecule has 0 aliphatic heterocycles. The molecule has 0 saturated carbocycles. The summed E-state index contributed by atoms with van der Waals surface area (Å²) in [5.41, 5.74) is 4.19. The molecule has 0 bridgehead atoms. The van der Waals surface area contributed by atoms with Crippen LogP contribution in [0.15, 0.2) is 77.7 Å². The van der Waals surface area contributed by atoms with Gasteiger partial charge in [0.1, 0.15) is 17.6 Å². The standard InChI is InChI=1S/C25H26N4O2/c1-18-16-21(19(2)29(18)17-22-10-7-15-31-22)11-12-23(30)27-24(20-8-5-4-6-9-20)25-26-13-14-28(25)3/h4-16,24H,17H2,1-3H3,(H,27,30). The first kappa shape index (κ1) is 20.5. The highest BCUT2D eigenvalue weighted by atomic mass is 16.3. The molecular weight excluding hydrogens is 388 g/mol. The van der Waals surface area contributed by atoms with Crippen molar-refractivity contribution in [1.82, 2.24) is 19.4 Å². The lowest BCUT2D eigenvalue weighted by Crippen LogP contribution is -2.29. The van der Waals surface area contributed by atoms with Crippen molar-refractivity contribution in [1.29, 1.82) is 0 Å². The Morgan fingerprint density at radius 2 is 2.00 bits per heavy atom. The van der Waals surface area contributed by atoms with Crippen LogP contribution in [0.4, 0.5) is 0 Å². The number of imidazole rings is 1. The van der Waals surface area contributed by atoms with Gasteiger partial charge in [0.25, 0.3) is 0 Å². The number of rotatable bonds is 7. The molecule has 0 radical (unpaired) electrons. The summed E-state index contributed by atoms with van der Waals surface area (Å²) in [7, 11) is 1.92. The number of aryl methyl sites for hydroxylation is 2. The van der Waals surface area contributed by atoms with E-state index in [2.05, 4.69) is 27.9 Å². The Labute approximate surface area is 181 Å². The van der Waals surface area contributed by atoms with Gasteiger partial charge in [-0.3, -0.25) is 4.79 Å². The largest absolute Gasteiger partial charge is 0.467 e. The molecule has 1 atom stereocenters. The second kappa shape index (κ2) is 8.92. The summed E-state index contributed by atoms with van der Waals surface area (Å²) in [5, 5.41) is 3.09. The average Bonchev–Trinajstić information content (AvgIpc) is 3.50. The second-order valence-corrected chi connectivity index (χ2v) is 7.57. The van der Waals surface area contributed by atoms with E-state index in [1.54, 1.807) is 18.5 Å². The van der Waals surface area contributed by atoms with Crippen LogP contribution in [0.1, 0.15) is 40.1 Å². The maximum atomic E-state index is 12.8. The van der Waals surface area contributed by atoms with Crippen LogP contribution in [0.5, 0.6) is 0 Å². The molecule has 0 aliphatic carbocycles. The summed E-state index contributed by atoms with van der Waals surface area (Å²) >= 11 is 0. The van der Waals surface area contributed by atoms with Crippen molar-refractivity contribution in [2.45, 2.75) is 26.4 Å². The van der Waals surface area contributed by atoms with Gasteiger partial charge < -0.3 is 18.9 Å². The van der Waals surface area contributed by atoms with E-state index in [0.717, 1.165) is 34.1 Å². The van der Waals surface area contributed by atoms with E-state index in [1.807, 2.05) is 73.3 Å². The lowest BCUT2D eigenvalue weighted by atomic mass is 10.1. The van der Waals surface area contributed by atoms with E-state index >= 15 is 0 Å². The number of nitrogens with zero attached hydrogens (tertiary/aromatic N) is 3. The normalized spacial score (nSPS) is 12.4. The fourth-order valence-corrected chi connectivity index (χ4v) is 3.75. The Morgan fingerprint density at radius 3 is 2.68 bits per heavy atom. The fourth-order valence-electron chi connectivity index (χ4n) is 3.75. The minimum Gasteiger partial charge on any atom is -0.467 e. The van der Waals surface area contributed by atoms with Gasteiger partial charge in [0.15, 0.2) is 0 Å². The zero-order valence-corrected chi connectivity index (χ0v) is 17.9. The topological polar surface area (TPSA) is 65.0 Å². The Bertz CT molecular complexity index is 1180. The van der Waals surface area contributed by atoms with Crippen LogP contribution < -0.4 is 5.32 Å². The third-order valence-electron chi connectivity index (χ3n) is 5.46. The maximum Gasteiger partial charge on any atom is 0.244 e. The van der Waals surface area contributed by atoms with Crippen molar-refractivity contribution >= 4 is 12.0 Å². The van der Waals surface area contributed by atoms with Crippen LogP contribution in [0.25, 0.3) is 6.08 Å². The third-order valence-corrected chi connectivity index (χ3v) is 5.46. The zero-order chi connectivity index (χ0) is 21.8. The minimum absolute atomic E-state index is 0.173. The van der Waals surface area contributed by atoms with Crippen molar-refractivity contribution in [3.05, 3.63) is 107 Å². The van der Waals surface area contributed by atoms with Crippen LogP contribution in [-0.4, -0.2) is 20.0 Å². The molecule has 0 aliphatic rings. The number of aromatic nitrogens is 3. The van der Waals surface area contributed by atoms with Gasteiger partial charge in [0.05, 0.1) is 12.8 Å². The van der Waals surface area contributed by atoms with Gasteiger partial charge in [-0.2, -0.15) is 0 Å². The van der Waals surface area contributed by atoms with E-state index in [9.17, 15) is 4.79 Å². The molecular formula is C25H26N4O2. The molecule has 1 aromatic carbocycles. The lowest BCUT2D eigenvalue weighted by molar-refractivity contribution is -0.117. The van der Waals surface area contributed by atoms with Crippen molar-refractivity contribution in [3.8, 4) is 0 Å². The van der Waals surface area contributed by atoms with Crippen LogP contribution >= 0.6 is 0 Å². The first-order chi connectivity index (χ1) is 15.0. The number of hydrogen-bond acceptors (Lipinski definition) is 3. The van der Waals surface area contributed by atoms with E-state index < -0.39 is 0 Å². The van der Waals surface area contributed by atoms with Gasteiger partial charge in [-0.05, 0) is 49.2 Å². The van der Waals surface area contributed by atoms with Crippen LogP contribution in [0.2, 0.25) is 0 Å². The highest BCUT2D eigenvalue weighted by Crippen LogP contribution is 2.21. The monoisotopic (exact) mass is 414 g/mol. The molecule has 158 valence electrons. The quantitative estimate of drug-likeness (QED) is 0.456. The molecule has 0 spiro atoms. The van der Waals surface area contributed by atoms with Gasteiger partial charge >= 0.3 is 0 Å². The lowest BCUT2D eigenvalue weighted by Gasteiger charge is -2.18. The summed E-state index contributed by atoms with van der Waals surface area (Å²) < 4.78 is 9.57. The number of hydrogen-bond donors (Lipinski definition) is 1. The smallest absolute Gasteiger partial charge is 0.244 e. The van der Waals surface area contributed by atoms with E-state index in [0.29, 0.717) is 6.54 Å². The minimum atomic E-state index is -0.329. The number of carbonyl (C=O) groups excluding carboxylic acids is 1. The van der Waals surface area contributed by atoms with Gasteiger partial charge in [0.2, 0.25) is 5.91 Å². The van der Waals surface area contributed by atoms with Crippen molar-refractivity contribution < 1.29 is 9.21 Å². The molecule has 6 heteroatoms. The molecule has 1 amide bonds. The van der Waals surface area contributed by atoms with E-state index in [4.69, 9.17) is 4.42 Å². The Hall–Kier alpha value is -3.80. The average molecular weight is 415 g/mol. The van der Waals surface area contributed by atoms with Crippen molar-refractivity contribution in [2.24, 2.45) is 7.05 Å². The van der Waals surface area contributed by atoms with Crippen LogP contribution in [0.3, 0.4) is 0 Å². The predicted molar refractivity (Wildman–Crippen MR) is 120 cm³/mol.